The Kier molecular flexibility index (Phi) is 5.81. The van der Waals surface area contributed by atoms with Gasteiger partial charge in [0, 0.05) is 30.5 Å². The van der Waals surface area contributed by atoms with E-state index in [1.54, 1.807) is 0 Å². The first-order valence-corrected chi connectivity index (χ1v) is 9.90. The number of piperidine rings is 1. The van der Waals surface area contributed by atoms with Gasteiger partial charge in [0.25, 0.3) is 0 Å². The third-order valence-corrected chi connectivity index (χ3v) is 5.99. The van der Waals surface area contributed by atoms with Crippen LogP contribution in [0.4, 0.5) is 0 Å². The van der Waals surface area contributed by atoms with Gasteiger partial charge < -0.3 is 10.4 Å². The lowest BCUT2D eigenvalue weighted by Crippen LogP contribution is -2.59. The van der Waals surface area contributed by atoms with Crippen LogP contribution >= 0.6 is 0 Å². The van der Waals surface area contributed by atoms with Crippen LogP contribution in [0.15, 0.2) is 24.5 Å². The molecule has 2 N–H and O–H groups in total. The lowest BCUT2D eigenvalue weighted by molar-refractivity contribution is 0.0212. The third kappa shape index (κ3) is 5.02. The zero-order valence-corrected chi connectivity index (χ0v) is 16.2. The van der Waals surface area contributed by atoms with Crippen molar-refractivity contribution in [1.29, 1.82) is 0 Å². The van der Waals surface area contributed by atoms with Gasteiger partial charge in [-0.15, -0.1) is 0 Å². The summed E-state index contributed by atoms with van der Waals surface area (Å²) in [6, 6.07) is 4.70. The Morgan fingerprint density at radius 1 is 1.28 bits per heavy atom. The molecule has 2 heterocycles. The molecule has 0 bridgehead atoms. The average Bonchev–Trinajstić information content (AvgIpc) is 2.56. The topological polar surface area (TPSA) is 48.4 Å². The van der Waals surface area contributed by atoms with Crippen LogP contribution in [0.2, 0.25) is 0 Å². The zero-order chi connectivity index (χ0) is 17.9. The Morgan fingerprint density at radius 2 is 2.04 bits per heavy atom. The molecular formula is C21H35N3O. The highest BCUT2D eigenvalue weighted by Crippen LogP contribution is 2.44. The fraction of sp³-hybridized carbons (Fsp3) is 0.762. The Hall–Kier alpha value is -0.970. The van der Waals surface area contributed by atoms with Crippen LogP contribution in [0.25, 0.3) is 0 Å². The normalized spacial score (nSPS) is 31.1. The first kappa shape index (κ1) is 18.8. The maximum atomic E-state index is 10.2. The van der Waals surface area contributed by atoms with E-state index in [1.807, 2.05) is 18.5 Å². The van der Waals surface area contributed by atoms with Gasteiger partial charge in [-0.25, -0.2) is 0 Å². The van der Waals surface area contributed by atoms with Gasteiger partial charge in [0.2, 0.25) is 0 Å². The van der Waals surface area contributed by atoms with Crippen LogP contribution in [-0.4, -0.2) is 46.3 Å². The van der Waals surface area contributed by atoms with E-state index in [1.165, 1.54) is 12.0 Å². The van der Waals surface area contributed by atoms with E-state index in [0.29, 0.717) is 17.4 Å². The van der Waals surface area contributed by atoms with Crippen LogP contribution < -0.4 is 5.32 Å². The number of hydrogen-bond donors (Lipinski definition) is 2. The second-order valence-electron chi connectivity index (χ2n) is 9.35. The van der Waals surface area contributed by atoms with Crippen LogP contribution in [0.3, 0.4) is 0 Å². The van der Waals surface area contributed by atoms with Gasteiger partial charge in [0.05, 0.1) is 6.61 Å². The van der Waals surface area contributed by atoms with Gasteiger partial charge in [-0.05, 0) is 68.2 Å². The van der Waals surface area contributed by atoms with Crippen LogP contribution in [0.1, 0.15) is 58.4 Å². The molecule has 0 aromatic carbocycles. The molecule has 3 rings (SSSR count). The summed E-state index contributed by atoms with van der Waals surface area (Å²) in [5.74, 6) is 0.675. The third-order valence-electron chi connectivity index (χ3n) is 5.99. The summed E-state index contributed by atoms with van der Waals surface area (Å²) < 4.78 is 0. The first-order valence-electron chi connectivity index (χ1n) is 9.90. The second-order valence-corrected chi connectivity index (χ2v) is 9.35. The van der Waals surface area contributed by atoms with Crippen molar-refractivity contribution in [3.63, 3.8) is 0 Å². The van der Waals surface area contributed by atoms with Crippen molar-refractivity contribution in [2.75, 3.05) is 19.7 Å². The Labute approximate surface area is 153 Å². The molecule has 1 aromatic heterocycles. The van der Waals surface area contributed by atoms with Gasteiger partial charge in [-0.1, -0.05) is 26.8 Å². The summed E-state index contributed by atoms with van der Waals surface area (Å²) in [6.07, 6.45) is 9.57. The van der Waals surface area contributed by atoms with Crippen molar-refractivity contribution in [3.8, 4) is 0 Å². The molecule has 1 saturated carbocycles. The fourth-order valence-electron chi connectivity index (χ4n) is 5.44. The Morgan fingerprint density at radius 3 is 2.64 bits per heavy atom. The molecule has 2 aliphatic rings. The molecule has 4 nitrogen and oxygen atoms in total. The van der Waals surface area contributed by atoms with E-state index in [9.17, 15) is 5.11 Å². The van der Waals surface area contributed by atoms with Crippen LogP contribution in [0, 0.1) is 11.3 Å². The molecule has 1 aliphatic carbocycles. The van der Waals surface area contributed by atoms with Gasteiger partial charge >= 0.3 is 0 Å². The number of aliphatic hydroxyl groups excluding tert-OH is 1. The highest BCUT2D eigenvalue weighted by molar-refractivity contribution is 5.08. The van der Waals surface area contributed by atoms with E-state index in [4.69, 9.17) is 0 Å². The largest absolute Gasteiger partial charge is 0.394 e. The van der Waals surface area contributed by atoms with Gasteiger partial charge in [-0.2, -0.15) is 0 Å². The number of aliphatic hydroxyl groups is 1. The summed E-state index contributed by atoms with van der Waals surface area (Å²) in [6.45, 7) is 10.5. The van der Waals surface area contributed by atoms with E-state index >= 15 is 0 Å². The van der Waals surface area contributed by atoms with Crippen molar-refractivity contribution < 1.29 is 5.11 Å². The summed E-state index contributed by atoms with van der Waals surface area (Å²) >= 11 is 0. The molecule has 140 valence electrons. The number of hydrogen-bond acceptors (Lipinski definition) is 4. The lowest BCUT2D eigenvalue weighted by atomic mass is 9.64. The van der Waals surface area contributed by atoms with E-state index < -0.39 is 0 Å². The first-order chi connectivity index (χ1) is 11.9. The second kappa shape index (κ2) is 7.73. The monoisotopic (exact) mass is 345 g/mol. The van der Waals surface area contributed by atoms with E-state index in [0.717, 1.165) is 45.3 Å². The summed E-state index contributed by atoms with van der Waals surface area (Å²) in [5, 5.41) is 14.1. The minimum absolute atomic E-state index is 0.0860. The molecule has 2 fully saturated rings. The standard InChI is InChI=1S/C21H35N3O/c1-17-11-20(2,3)15-21(12-17,16-25)23-19-6-9-24(10-7-19)14-18-5-4-8-22-13-18/h4-5,8,13,17,19,23,25H,6-7,9-12,14-16H2,1-3H3. The van der Waals surface area contributed by atoms with Crippen molar-refractivity contribution >= 4 is 0 Å². The number of nitrogens with zero attached hydrogens (tertiary/aromatic N) is 2. The fourth-order valence-corrected chi connectivity index (χ4v) is 5.44. The van der Waals surface area contributed by atoms with Crippen molar-refractivity contribution in [2.24, 2.45) is 11.3 Å². The number of rotatable bonds is 5. The van der Waals surface area contributed by atoms with E-state index in [-0.39, 0.29) is 12.1 Å². The number of pyridine rings is 1. The molecule has 2 unspecified atom stereocenters. The maximum absolute atomic E-state index is 10.2. The minimum atomic E-state index is -0.0860. The summed E-state index contributed by atoms with van der Waals surface area (Å²) in [7, 11) is 0. The Bertz CT molecular complexity index is 539. The number of aromatic nitrogens is 1. The molecule has 0 spiro atoms. The smallest absolute Gasteiger partial charge is 0.0613 e. The molecule has 2 atom stereocenters. The molecule has 1 aromatic rings. The molecule has 1 saturated heterocycles. The van der Waals surface area contributed by atoms with Gasteiger partial charge in [0.15, 0.2) is 0 Å². The number of likely N-dealkylation sites (tertiary alicyclic amines) is 1. The number of nitrogens with one attached hydrogen (secondary N) is 1. The van der Waals surface area contributed by atoms with Gasteiger partial charge in [-0.3, -0.25) is 9.88 Å². The van der Waals surface area contributed by atoms with Crippen molar-refractivity contribution in [2.45, 2.75) is 71.0 Å². The SMILES string of the molecule is CC1CC(C)(C)CC(CO)(NC2CCN(Cc3cccnc3)CC2)C1. The highest BCUT2D eigenvalue weighted by Gasteiger charge is 2.43. The molecule has 1 aliphatic heterocycles. The molecule has 0 amide bonds. The molecule has 0 radical (unpaired) electrons. The zero-order valence-electron chi connectivity index (χ0n) is 16.2. The molecule has 4 heteroatoms. The predicted molar refractivity (Wildman–Crippen MR) is 102 cm³/mol. The lowest BCUT2D eigenvalue weighted by Gasteiger charge is -2.49. The molecule has 25 heavy (non-hydrogen) atoms. The summed E-state index contributed by atoms with van der Waals surface area (Å²) in [4.78, 5) is 6.74. The van der Waals surface area contributed by atoms with Crippen LogP contribution in [-0.2, 0) is 6.54 Å². The van der Waals surface area contributed by atoms with Crippen LogP contribution in [0.5, 0.6) is 0 Å². The average molecular weight is 346 g/mol. The van der Waals surface area contributed by atoms with Gasteiger partial charge in [0.1, 0.15) is 0 Å². The Balaban J connectivity index is 1.54. The molecular weight excluding hydrogens is 310 g/mol. The van der Waals surface area contributed by atoms with Crippen molar-refractivity contribution in [1.82, 2.24) is 15.2 Å². The minimum Gasteiger partial charge on any atom is -0.394 e. The highest BCUT2D eigenvalue weighted by atomic mass is 16.3. The van der Waals surface area contributed by atoms with Crippen molar-refractivity contribution in [3.05, 3.63) is 30.1 Å². The van der Waals surface area contributed by atoms with E-state index in [2.05, 4.69) is 42.0 Å². The predicted octanol–water partition coefficient (Wildman–Crippen LogP) is 3.21. The quantitative estimate of drug-likeness (QED) is 0.860. The maximum Gasteiger partial charge on any atom is 0.0613 e. The summed E-state index contributed by atoms with van der Waals surface area (Å²) in [5.41, 5.74) is 1.52.